The van der Waals surface area contributed by atoms with Gasteiger partial charge in [-0.1, -0.05) is 30.3 Å². The van der Waals surface area contributed by atoms with Crippen LogP contribution in [-0.4, -0.2) is 21.6 Å². The largest absolute Gasteiger partial charge is 0.435 e. The predicted octanol–water partition coefficient (Wildman–Crippen LogP) is 3.83. The molecule has 0 bridgehead atoms. The van der Waals surface area contributed by atoms with Gasteiger partial charge in [-0.2, -0.15) is 8.78 Å². The summed E-state index contributed by atoms with van der Waals surface area (Å²) >= 11 is 0. The Morgan fingerprint density at radius 3 is 2.70 bits per heavy atom. The summed E-state index contributed by atoms with van der Waals surface area (Å²) in [5.41, 5.74) is 4.00. The molecule has 1 N–H and O–H groups in total. The maximum Gasteiger partial charge on any atom is 0.387 e. The molecule has 0 heterocycles. The number of hydrogen-bond donors (Lipinski definition) is 1. The van der Waals surface area contributed by atoms with E-state index in [0.29, 0.717) is 24.3 Å². The van der Waals surface area contributed by atoms with Gasteiger partial charge in [-0.3, -0.25) is 0 Å². The van der Waals surface area contributed by atoms with Crippen LogP contribution < -0.4 is 9.46 Å². The summed E-state index contributed by atoms with van der Waals surface area (Å²) in [7, 11) is -3.57. The van der Waals surface area contributed by atoms with Gasteiger partial charge in [0.1, 0.15) is 5.75 Å². The van der Waals surface area contributed by atoms with Crippen LogP contribution in [0.1, 0.15) is 34.6 Å². The SMILES string of the molecule is O=S(=O)(NC[C@H]1Cc2ccccc21)C1=Cc2ccc(OC(F)F)cc2CC1. The molecule has 4 rings (SSSR count). The average molecular weight is 391 g/mol. The molecule has 1 atom stereocenters. The molecular formula is C20H19F2NO3S. The van der Waals surface area contributed by atoms with Gasteiger partial charge in [-0.25, -0.2) is 13.1 Å². The molecule has 0 saturated carbocycles. The van der Waals surface area contributed by atoms with Crippen LogP contribution >= 0.6 is 0 Å². The highest BCUT2D eigenvalue weighted by atomic mass is 32.2. The number of allylic oxidation sites excluding steroid dienone is 1. The Hall–Kier alpha value is -2.25. The summed E-state index contributed by atoms with van der Waals surface area (Å²) in [5, 5.41) is 0. The van der Waals surface area contributed by atoms with Crippen molar-refractivity contribution < 1.29 is 21.9 Å². The van der Waals surface area contributed by atoms with Crippen LogP contribution in [0, 0.1) is 0 Å². The lowest BCUT2D eigenvalue weighted by Gasteiger charge is -2.30. The molecule has 0 aromatic heterocycles. The highest BCUT2D eigenvalue weighted by Gasteiger charge is 2.28. The van der Waals surface area contributed by atoms with E-state index < -0.39 is 16.6 Å². The van der Waals surface area contributed by atoms with Crippen LogP contribution in [0.25, 0.3) is 6.08 Å². The number of aryl methyl sites for hydroxylation is 1. The zero-order valence-corrected chi connectivity index (χ0v) is 15.3. The van der Waals surface area contributed by atoms with Crippen molar-refractivity contribution in [3.8, 4) is 5.75 Å². The van der Waals surface area contributed by atoms with Gasteiger partial charge in [0, 0.05) is 12.5 Å². The molecule has 2 aromatic carbocycles. The van der Waals surface area contributed by atoms with E-state index in [2.05, 4.69) is 15.5 Å². The Bertz CT molecular complexity index is 1000. The van der Waals surface area contributed by atoms with Crippen LogP contribution in [0.3, 0.4) is 0 Å². The predicted molar refractivity (Wildman–Crippen MR) is 99.2 cm³/mol. The highest BCUT2D eigenvalue weighted by Crippen LogP contribution is 2.35. The number of halogens is 2. The number of hydrogen-bond acceptors (Lipinski definition) is 3. The Morgan fingerprint density at radius 2 is 1.93 bits per heavy atom. The smallest absolute Gasteiger partial charge is 0.387 e. The van der Waals surface area contributed by atoms with Crippen LogP contribution in [0.4, 0.5) is 8.78 Å². The molecule has 0 spiro atoms. The summed E-state index contributed by atoms with van der Waals surface area (Å²) in [6, 6.07) is 12.6. The summed E-state index contributed by atoms with van der Waals surface area (Å²) in [6.07, 6.45) is 3.30. The van der Waals surface area contributed by atoms with Crippen LogP contribution in [0.5, 0.6) is 5.75 Å². The van der Waals surface area contributed by atoms with Gasteiger partial charge >= 0.3 is 6.61 Å². The molecule has 27 heavy (non-hydrogen) atoms. The molecular weight excluding hydrogens is 372 g/mol. The van der Waals surface area contributed by atoms with E-state index in [1.54, 1.807) is 18.2 Å². The number of benzene rings is 2. The molecule has 7 heteroatoms. The Balaban J connectivity index is 1.46. The number of rotatable bonds is 6. The molecule has 0 fully saturated rings. The molecule has 0 unspecified atom stereocenters. The zero-order chi connectivity index (χ0) is 19.0. The topological polar surface area (TPSA) is 55.4 Å². The molecule has 2 aliphatic rings. The van der Waals surface area contributed by atoms with Crippen molar-refractivity contribution in [3.63, 3.8) is 0 Å². The first kappa shape index (κ1) is 18.1. The fourth-order valence-electron chi connectivity index (χ4n) is 3.68. The van der Waals surface area contributed by atoms with Crippen molar-refractivity contribution in [3.05, 3.63) is 69.6 Å². The lowest BCUT2D eigenvalue weighted by molar-refractivity contribution is -0.0498. The second-order valence-electron chi connectivity index (χ2n) is 6.80. The lowest BCUT2D eigenvalue weighted by atomic mass is 9.78. The third-order valence-electron chi connectivity index (χ3n) is 5.12. The number of nitrogens with one attached hydrogen (secondary N) is 1. The van der Waals surface area contributed by atoms with Gasteiger partial charge in [0.15, 0.2) is 0 Å². The Labute approximate surface area is 156 Å². The normalized spacial score (nSPS) is 18.3. The fourth-order valence-corrected chi connectivity index (χ4v) is 4.94. The second kappa shape index (κ2) is 7.05. The van der Waals surface area contributed by atoms with Gasteiger partial charge in [-0.15, -0.1) is 0 Å². The maximum absolute atomic E-state index is 12.7. The zero-order valence-electron chi connectivity index (χ0n) is 14.5. The molecule has 0 aliphatic heterocycles. The van der Waals surface area contributed by atoms with Gasteiger partial charge in [0.25, 0.3) is 0 Å². The first-order valence-corrected chi connectivity index (χ1v) is 10.3. The van der Waals surface area contributed by atoms with Crippen LogP contribution in [0.15, 0.2) is 47.4 Å². The number of ether oxygens (including phenoxy) is 1. The maximum atomic E-state index is 12.7. The monoisotopic (exact) mass is 391 g/mol. The minimum absolute atomic E-state index is 0.0882. The van der Waals surface area contributed by atoms with E-state index >= 15 is 0 Å². The summed E-state index contributed by atoms with van der Waals surface area (Å²) in [4.78, 5) is 0.324. The first-order chi connectivity index (χ1) is 12.9. The summed E-state index contributed by atoms with van der Waals surface area (Å²) in [5.74, 6) is 0.298. The second-order valence-corrected chi connectivity index (χ2v) is 8.62. The Morgan fingerprint density at radius 1 is 1.11 bits per heavy atom. The molecule has 0 saturated heterocycles. The van der Waals surface area contributed by atoms with Crippen molar-refractivity contribution in [2.24, 2.45) is 0 Å². The standard InChI is InChI=1S/C20H19F2NO3S/c21-20(22)26-17-7-5-14-11-18(8-6-13(14)10-17)27(24,25)23-12-16-9-15-3-1-2-4-19(15)16/h1-5,7,10-11,16,20,23H,6,8-9,12H2/t16-/m1/s1. The van der Waals surface area contributed by atoms with Gasteiger partial charge < -0.3 is 4.74 Å². The van der Waals surface area contributed by atoms with E-state index in [0.717, 1.165) is 17.5 Å². The van der Waals surface area contributed by atoms with Crippen LogP contribution in [0.2, 0.25) is 0 Å². The van der Waals surface area contributed by atoms with Gasteiger partial charge in [-0.05, 0) is 59.7 Å². The molecule has 2 aliphatic carbocycles. The van der Waals surface area contributed by atoms with Crippen molar-refractivity contribution >= 4 is 16.1 Å². The molecule has 142 valence electrons. The molecule has 0 radical (unpaired) electrons. The first-order valence-electron chi connectivity index (χ1n) is 8.78. The third kappa shape index (κ3) is 3.75. The van der Waals surface area contributed by atoms with Crippen LogP contribution in [-0.2, 0) is 22.9 Å². The summed E-state index contributed by atoms with van der Waals surface area (Å²) in [6.45, 7) is -2.50. The lowest BCUT2D eigenvalue weighted by Crippen LogP contribution is -2.34. The minimum atomic E-state index is -3.57. The number of alkyl halides is 2. The van der Waals surface area contributed by atoms with E-state index in [1.807, 2.05) is 18.2 Å². The number of sulfonamides is 1. The highest BCUT2D eigenvalue weighted by molar-refractivity contribution is 7.93. The summed E-state index contributed by atoms with van der Waals surface area (Å²) < 4.78 is 57.1. The van der Waals surface area contributed by atoms with E-state index in [-0.39, 0.29) is 11.7 Å². The third-order valence-corrected chi connectivity index (χ3v) is 6.68. The van der Waals surface area contributed by atoms with E-state index in [9.17, 15) is 17.2 Å². The molecule has 4 nitrogen and oxygen atoms in total. The van der Waals surface area contributed by atoms with Crippen molar-refractivity contribution in [1.82, 2.24) is 4.72 Å². The van der Waals surface area contributed by atoms with Crippen molar-refractivity contribution in [1.29, 1.82) is 0 Å². The van der Waals surface area contributed by atoms with Crippen molar-refractivity contribution in [2.45, 2.75) is 31.8 Å². The van der Waals surface area contributed by atoms with Gasteiger partial charge in [0.2, 0.25) is 10.0 Å². The molecule has 2 aromatic rings. The quantitative estimate of drug-likeness (QED) is 0.814. The van der Waals surface area contributed by atoms with Gasteiger partial charge in [0.05, 0.1) is 4.91 Å². The van der Waals surface area contributed by atoms with Crippen molar-refractivity contribution in [2.75, 3.05) is 6.54 Å². The molecule has 0 amide bonds. The Kier molecular flexibility index (Phi) is 4.74. The number of fused-ring (bicyclic) bond motifs is 2. The average Bonchev–Trinajstić information content (AvgIpc) is 2.61. The van der Waals surface area contributed by atoms with E-state index in [4.69, 9.17) is 0 Å². The fraction of sp³-hybridized carbons (Fsp3) is 0.300. The minimum Gasteiger partial charge on any atom is -0.435 e. The van der Waals surface area contributed by atoms with E-state index in [1.165, 1.54) is 17.2 Å².